The van der Waals surface area contributed by atoms with Gasteiger partial charge < -0.3 is 15.2 Å². The van der Waals surface area contributed by atoms with E-state index in [0.29, 0.717) is 17.7 Å². The zero-order valence-corrected chi connectivity index (χ0v) is 11.3. The average molecular weight is 237 g/mol. The smallest absolute Gasteiger partial charge is 0.124 e. The van der Waals surface area contributed by atoms with Crippen molar-refractivity contribution >= 4 is 0 Å². The van der Waals surface area contributed by atoms with Crippen LogP contribution >= 0.6 is 0 Å². The van der Waals surface area contributed by atoms with Crippen LogP contribution in [0.3, 0.4) is 0 Å². The van der Waals surface area contributed by atoms with Gasteiger partial charge in [-0.25, -0.2) is 0 Å². The lowest BCUT2D eigenvalue weighted by Crippen LogP contribution is -2.33. The molecule has 0 aliphatic carbocycles. The van der Waals surface area contributed by atoms with Crippen molar-refractivity contribution in [3.05, 3.63) is 23.8 Å². The maximum Gasteiger partial charge on any atom is 0.124 e. The van der Waals surface area contributed by atoms with Crippen molar-refractivity contribution in [2.75, 3.05) is 7.11 Å². The lowest BCUT2D eigenvalue weighted by atomic mass is 10.0. The number of hydrogen-bond acceptors (Lipinski definition) is 3. The minimum atomic E-state index is 0.123. The van der Waals surface area contributed by atoms with Crippen LogP contribution in [0.15, 0.2) is 18.2 Å². The van der Waals surface area contributed by atoms with Gasteiger partial charge in [-0.15, -0.1) is 0 Å². The van der Waals surface area contributed by atoms with Gasteiger partial charge in [0.2, 0.25) is 0 Å². The molecule has 0 aliphatic rings. The number of benzene rings is 1. The zero-order chi connectivity index (χ0) is 13.0. The Labute approximate surface area is 104 Å². The molecule has 0 fully saturated rings. The van der Waals surface area contributed by atoms with Crippen molar-refractivity contribution in [3.63, 3.8) is 0 Å². The average Bonchev–Trinajstić information content (AvgIpc) is 2.28. The lowest BCUT2D eigenvalue weighted by Gasteiger charge is -2.23. The van der Waals surface area contributed by atoms with Crippen molar-refractivity contribution in [1.29, 1.82) is 0 Å². The largest absolute Gasteiger partial charge is 0.507 e. The molecule has 1 aromatic carbocycles. The third kappa shape index (κ3) is 3.63. The summed E-state index contributed by atoms with van der Waals surface area (Å²) in [4.78, 5) is 0. The zero-order valence-electron chi connectivity index (χ0n) is 11.3. The summed E-state index contributed by atoms with van der Waals surface area (Å²) in [6.07, 6.45) is 0. The molecule has 0 aromatic heterocycles. The first-order valence-electron chi connectivity index (χ1n) is 6.08. The summed E-state index contributed by atoms with van der Waals surface area (Å²) < 4.78 is 5.07. The van der Waals surface area contributed by atoms with Crippen LogP contribution in [0, 0.1) is 5.92 Å². The Morgan fingerprint density at radius 1 is 1.18 bits per heavy atom. The van der Waals surface area contributed by atoms with Crippen LogP contribution in [0.5, 0.6) is 11.5 Å². The van der Waals surface area contributed by atoms with E-state index in [0.717, 1.165) is 5.56 Å². The molecule has 2 N–H and O–H groups in total. The molecular formula is C14H23NO2. The second kappa shape index (κ2) is 5.92. The number of phenols is 1. The van der Waals surface area contributed by atoms with Gasteiger partial charge in [0.05, 0.1) is 7.11 Å². The molecule has 0 radical (unpaired) electrons. The Balaban J connectivity index is 2.78. The molecule has 0 aliphatic heterocycles. The fourth-order valence-corrected chi connectivity index (χ4v) is 1.69. The standard InChI is InChI=1S/C14H23NO2/c1-9(2)10(3)15-11(4)13-7-6-12(17-5)8-14(13)16/h6-11,15-16H,1-5H3. The second-order valence-corrected chi connectivity index (χ2v) is 4.85. The van der Waals surface area contributed by atoms with E-state index in [-0.39, 0.29) is 11.8 Å². The van der Waals surface area contributed by atoms with E-state index in [9.17, 15) is 5.11 Å². The summed E-state index contributed by atoms with van der Waals surface area (Å²) in [5, 5.41) is 13.4. The number of hydrogen-bond donors (Lipinski definition) is 2. The number of rotatable bonds is 5. The van der Waals surface area contributed by atoms with Gasteiger partial charge >= 0.3 is 0 Å². The molecule has 3 nitrogen and oxygen atoms in total. The topological polar surface area (TPSA) is 41.5 Å². The molecule has 0 amide bonds. The van der Waals surface area contributed by atoms with Crippen molar-refractivity contribution < 1.29 is 9.84 Å². The predicted molar refractivity (Wildman–Crippen MR) is 70.5 cm³/mol. The number of methoxy groups -OCH3 is 1. The van der Waals surface area contributed by atoms with Gasteiger partial charge in [-0.1, -0.05) is 19.9 Å². The van der Waals surface area contributed by atoms with Crippen molar-refractivity contribution in [2.24, 2.45) is 5.92 Å². The quantitative estimate of drug-likeness (QED) is 0.827. The Morgan fingerprint density at radius 2 is 1.82 bits per heavy atom. The summed E-state index contributed by atoms with van der Waals surface area (Å²) in [5.74, 6) is 1.52. The Kier molecular flexibility index (Phi) is 4.82. The maximum atomic E-state index is 9.92. The van der Waals surface area contributed by atoms with Crippen LogP contribution in [-0.4, -0.2) is 18.3 Å². The summed E-state index contributed by atoms with van der Waals surface area (Å²) >= 11 is 0. The molecule has 1 rings (SSSR count). The Bertz CT molecular complexity index is 363. The van der Waals surface area contributed by atoms with Crippen LogP contribution in [0.25, 0.3) is 0 Å². The highest BCUT2D eigenvalue weighted by atomic mass is 16.5. The number of phenolic OH excluding ortho intramolecular Hbond substituents is 1. The highest BCUT2D eigenvalue weighted by molar-refractivity contribution is 5.41. The molecule has 2 unspecified atom stereocenters. The molecular weight excluding hydrogens is 214 g/mol. The van der Waals surface area contributed by atoms with Crippen molar-refractivity contribution in [2.45, 2.75) is 39.8 Å². The van der Waals surface area contributed by atoms with Gasteiger partial charge in [-0.05, 0) is 25.8 Å². The van der Waals surface area contributed by atoms with Crippen LogP contribution in [0.2, 0.25) is 0 Å². The number of aromatic hydroxyl groups is 1. The minimum absolute atomic E-state index is 0.123. The number of nitrogens with one attached hydrogen (secondary N) is 1. The minimum Gasteiger partial charge on any atom is -0.507 e. The normalized spacial score (nSPS) is 14.7. The first kappa shape index (κ1) is 13.8. The van der Waals surface area contributed by atoms with Gasteiger partial charge in [0, 0.05) is 23.7 Å². The van der Waals surface area contributed by atoms with E-state index >= 15 is 0 Å². The molecule has 0 bridgehead atoms. The van der Waals surface area contributed by atoms with E-state index in [1.807, 2.05) is 12.1 Å². The first-order valence-corrected chi connectivity index (χ1v) is 6.08. The highest BCUT2D eigenvalue weighted by Gasteiger charge is 2.15. The summed E-state index contributed by atoms with van der Waals surface area (Å²) in [6.45, 7) is 8.57. The molecule has 3 heteroatoms. The number of ether oxygens (including phenoxy) is 1. The molecule has 0 spiro atoms. The molecule has 17 heavy (non-hydrogen) atoms. The first-order chi connectivity index (χ1) is 7.95. The fraction of sp³-hybridized carbons (Fsp3) is 0.571. The summed E-state index contributed by atoms with van der Waals surface area (Å²) in [6, 6.07) is 5.95. The Morgan fingerprint density at radius 3 is 2.29 bits per heavy atom. The van der Waals surface area contributed by atoms with Crippen molar-refractivity contribution in [3.8, 4) is 11.5 Å². The van der Waals surface area contributed by atoms with E-state index in [2.05, 4.69) is 33.0 Å². The second-order valence-electron chi connectivity index (χ2n) is 4.85. The molecule has 1 aromatic rings. The fourth-order valence-electron chi connectivity index (χ4n) is 1.69. The molecule has 0 saturated carbocycles. The maximum absolute atomic E-state index is 9.92. The van der Waals surface area contributed by atoms with Gasteiger partial charge in [0.25, 0.3) is 0 Å². The third-order valence-corrected chi connectivity index (χ3v) is 3.22. The van der Waals surface area contributed by atoms with Crippen LogP contribution in [-0.2, 0) is 0 Å². The third-order valence-electron chi connectivity index (χ3n) is 3.22. The van der Waals surface area contributed by atoms with Gasteiger partial charge in [0.1, 0.15) is 11.5 Å². The van der Waals surface area contributed by atoms with Crippen LogP contribution in [0.1, 0.15) is 39.3 Å². The van der Waals surface area contributed by atoms with Gasteiger partial charge in [-0.3, -0.25) is 0 Å². The van der Waals surface area contributed by atoms with Crippen LogP contribution in [0.4, 0.5) is 0 Å². The van der Waals surface area contributed by atoms with E-state index in [1.165, 1.54) is 0 Å². The Hall–Kier alpha value is -1.22. The van der Waals surface area contributed by atoms with E-state index in [1.54, 1.807) is 13.2 Å². The molecule has 0 heterocycles. The predicted octanol–water partition coefficient (Wildman–Crippen LogP) is 3.10. The monoisotopic (exact) mass is 237 g/mol. The van der Waals surface area contributed by atoms with Crippen molar-refractivity contribution in [1.82, 2.24) is 5.32 Å². The molecule has 2 atom stereocenters. The highest BCUT2D eigenvalue weighted by Crippen LogP contribution is 2.28. The SMILES string of the molecule is COc1ccc(C(C)NC(C)C(C)C)c(O)c1. The van der Waals surface area contributed by atoms with E-state index in [4.69, 9.17) is 4.74 Å². The van der Waals surface area contributed by atoms with Gasteiger partial charge in [0.15, 0.2) is 0 Å². The van der Waals surface area contributed by atoms with E-state index < -0.39 is 0 Å². The summed E-state index contributed by atoms with van der Waals surface area (Å²) in [5.41, 5.74) is 0.901. The lowest BCUT2D eigenvalue weighted by molar-refractivity contribution is 0.375. The summed E-state index contributed by atoms with van der Waals surface area (Å²) in [7, 11) is 1.59. The molecule has 0 saturated heterocycles. The van der Waals surface area contributed by atoms with Crippen LogP contribution < -0.4 is 10.1 Å². The molecule has 96 valence electrons. The van der Waals surface area contributed by atoms with Gasteiger partial charge in [-0.2, -0.15) is 0 Å².